The molecule has 0 aliphatic heterocycles. The number of nitrogens with zero attached hydrogens (tertiary/aromatic N) is 2. The molecular formula is C20H11ClN2O3. The molecule has 0 unspecified atom stereocenters. The van der Waals surface area contributed by atoms with Crippen LogP contribution in [0.25, 0.3) is 22.6 Å². The summed E-state index contributed by atoms with van der Waals surface area (Å²) in [6, 6.07) is 14.6. The lowest BCUT2D eigenvalue weighted by atomic mass is 10.1. The zero-order valence-electron chi connectivity index (χ0n) is 13.3. The molecule has 0 aliphatic rings. The van der Waals surface area contributed by atoms with Crippen molar-refractivity contribution >= 4 is 23.7 Å². The molecule has 0 bridgehead atoms. The highest BCUT2D eigenvalue weighted by atomic mass is 35.5. The molecule has 26 heavy (non-hydrogen) atoms. The van der Waals surface area contributed by atoms with E-state index in [0.29, 0.717) is 33.2 Å². The third kappa shape index (κ3) is 2.94. The van der Waals surface area contributed by atoms with Crippen LogP contribution in [0.3, 0.4) is 0 Å². The Morgan fingerprint density at radius 2 is 1.92 bits per heavy atom. The number of halogens is 1. The first-order chi connectivity index (χ1) is 12.8. The fourth-order valence-corrected chi connectivity index (χ4v) is 2.67. The van der Waals surface area contributed by atoms with Gasteiger partial charge in [-0.25, -0.2) is 4.99 Å². The minimum atomic E-state index is 0.199. The van der Waals surface area contributed by atoms with E-state index in [1.807, 2.05) is 12.1 Å². The molecule has 0 atom stereocenters. The van der Waals surface area contributed by atoms with Crippen molar-refractivity contribution in [1.82, 2.24) is 0 Å². The summed E-state index contributed by atoms with van der Waals surface area (Å²) in [5, 5.41) is 10.3. The number of furan rings is 3. The maximum Gasteiger partial charge on any atom is 0.238 e. The van der Waals surface area contributed by atoms with Gasteiger partial charge in [0.05, 0.1) is 23.7 Å². The number of aliphatic imine (C=N–C) groups is 1. The molecule has 126 valence electrons. The SMILES string of the molecule is N#Cc1c(N=Cc2ccc(Cl)cc2)oc(-c2ccoc2)c1-c1ccco1. The largest absolute Gasteiger partial charge is 0.472 e. The highest BCUT2D eigenvalue weighted by Gasteiger charge is 2.25. The lowest BCUT2D eigenvalue weighted by molar-refractivity contribution is 0.561. The van der Waals surface area contributed by atoms with Gasteiger partial charge in [0.2, 0.25) is 5.88 Å². The van der Waals surface area contributed by atoms with E-state index in [1.165, 1.54) is 6.26 Å². The predicted molar refractivity (Wildman–Crippen MR) is 97.5 cm³/mol. The second-order valence-electron chi connectivity index (χ2n) is 5.40. The fourth-order valence-electron chi connectivity index (χ4n) is 2.55. The average Bonchev–Trinajstić information content (AvgIpc) is 3.40. The number of hydrogen-bond donors (Lipinski definition) is 0. The van der Waals surface area contributed by atoms with Crippen LogP contribution < -0.4 is 0 Å². The van der Waals surface area contributed by atoms with Crippen molar-refractivity contribution in [1.29, 1.82) is 5.26 Å². The Kier molecular flexibility index (Phi) is 4.18. The quantitative estimate of drug-likeness (QED) is 0.412. The Morgan fingerprint density at radius 3 is 2.58 bits per heavy atom. The van der Waals surface area contributed by atoms with E-state index in [4.69, 9.17) is 24.9 Å². The van der Waals surface area contributed by atoms with Crippen LogP contribution in [0, 0.1) is 11.3 Å². The monoisotopic (exact) mass is 362 g/mol. The number of hydrogen-bond acceptors (Lipinski definition) is 5. The lowest BCUT2D eigenvalue weighted by Crippen LogP contribution is -1.81. The molecule has 4 aromatic rings. The zero-order valence-corrected chi connectivity index (χ0v) is 14.1. The maximum absolute atomic E-state index is 9.68. The van der Waals surface area contributed by atoms with Gasteiger partial charge in [0, 0.05) is 11.2 Å². The first kappa shape index (κ1) is 16.0. The molecule has 0 aliphatic carbocycles. The van der Waals surface area contributed by atoms with E-state index in [1.54, 1.807) is 49.1 Å². The molecule has 6 heteroatoms. The minimum absolute atomic E-state index is 0.199. The molecule has 0 fully saturated rings. The average molecular weight is 363 g/mol. The highest BCUT2D eigenvalue weighted by molar-refractivity contribution is 6.30. The minimum Gasteiger partial charge on any atom is -0.472 e. The predicted octanol–water partition coefficient (Wildman–Crippen LogP) is 6.08. The van der Waals surface area contributed by atoms with E-state index >= 15 is 0 Å². The van der Waals surface area contributed by atoms with Gasteiger partial charge in [-0.3, -0.25) is 0 Å². The number of nitriles is 1. The standard InChI is InChI=1S/C20H11ClN2O3/c21-15-5-3-13(4-6-15)11-23-20-16(10-22)18(17-2-1-8-25-17)19(26-20)14-7-9-24-12-14/h1-9,11-12H. The molecule has 1 aromatic carbocycles. The third-order valence-corrected chi connectivity index (χ3v) is 4.01. The third-order valence-electron chi connectivity index (χ3n) is 3.75. The smallest absolute Gasteiger partial charge is 0.238 e. The van der Waals surface area contributed by atoms with E-state index in [0.717, 1.165) is 5.56 Å². The Bertz CT molecular complexity index is 1080. The van der Waals surface area contributed by atoms with Gasteiger partial charge < -0.3 is 13.3 Å². The lowest BCUT2D eigenvalue weighted by Gasteiger charge is -1.96. The van der Waals surface area contributed by atoms with Crippen molar-refractivity contribution in [3.05, 3.63) is 77.4 Å². The van der Waals surface area contributed by atoms with E-state index < -0.39 is 0 Å². The van der Waals surface area contributed by atoms with Crippen LogP contribution in [0.5, 0.6) is 0 Å². The summed E-state index contributed by atoms with van der Waals surface area (Å²) in [4.78, 5) is 4.35. The van der Waals surface area contributed by atoms with E-state index in [-0.39, 0.29) is 5.88 Å². The molecule has 5 nitrogen and oxygen atoms in total. The van der Waals surface area contributed by atoms with Crippen LogP contribution in [0.15, 0.2) is 79.5 Å². The van der Waals surface area contributed by atoms with Gasteiger partial charge in [0.1, 0.15) is 23.7 Å². The number of rotatable bonds is 4. The summed E-state index contributed by atoms with van der Waals surface area (Å²) < 4.78 is 16.5. The molecule has 0 saturated heterocycles. The van der Waals surface area contributed by atoms with Crippen LogP contribution in [-0.4, -0.2) is 6.21 Å². The van der Waals surface area contributed by atoms with Crippen molar-refractivity contribution in [2.45, 2.75) is 0 Å². The van der Waals surface area contributed by atoms with Crippen LogP contribution in [0.2, 0.25) is 5.02 Å². The van der Waals surface area contributed by atoms with Gasteiger partial charge in [-0.15, -0.1) is 0 Å². The molecule has 4 rings (SSSR count). The van der Waals surface area contributed by atoms with E-state index in [9.17, 15) is 5.26 Å². The van der Waals surface area contributed by atoms with E-state index in [2.05, 4.69) is 11.1 Å². The van der Waals surface area contributed by atoms with Crippen LogP contribution in [0.1, 0.15) is 11.1 Å². The topological polar surface area (TPSA) is 75.6 Å². The van der Waals surface area contributed by atoms with Crippen LogP contribution in [0.4, 0.5) is 5.88 Å². The molecule has 0 saturated carbocycles. The fraction of sp³-hybridized carbons (Fsp3) is 0. The summed E-state index contributed by atoms with van der Waals surface area (Å²) in [6.45, 7) is 0. The Balaban J connectivity index is 1.84. The van der Waals surface area contributed by atoms with Gasteiger partial charge >= 0.3 is 0 Å². The first-order valence-corrected chi connectivity index (χ1v) is 8.07. The summed E-state index contributed by atoms with van der Waals surface area (Å²) in [5.74, 6) is 1.19. The second kappa shape index (κ2) is 6.79. The van der Waals surface area contributed by atoms with Gasteiger partial charge in [0.15, 0.2) is 5.76 Å². The normalized spacial score (nSPS) is 11.1. The van der Waals surface area contributed by atoms with Crippen molar-refractivity contribution in [3.8, 4) is 28.7 Å². The van der Waals surface area contributed by atoms with Gasteiger partial charge in [-0.2, -0.15) is 5.26 Å². The second-order valence-corrected chi connectivity index (χ2v) is 5.83. The van der Waals surface area contributed by atoms with Crippen molar-refractivity contribution < 1.29 is 13.3 Å². The molecule has 0 amide bonds. The van der Waals surface area contributed by atoms with Gasteiger partial charge in [-0.1, -0.05) is 23.7 Å². The molecule has 3 heterocycles. The van der Waals surface area contributed by atoms with Gasteiger partial charge in [-0.05, 0) is 35.9 Å². The highest BCUT2D eigenvalue weighted by Crippen LogP contribution is 2.42. The summed E-state index contributed by atoms with van der Waals surface area (Å²) >= 11 is 5.89. The molecule has 0 radical (unpaired) electrons. The Morgan fingerprint density at radius 1 is 1.08 bits per heavy atom. The summed E-state index contributed by atoms with van der Waals surface area (Å²) in [6.07, 6.45) is 6.23. The molecule has 0 spiro atoms. The first-order valence-electron chi connectivity index (χ1n) is 7.69. The van der Waals surface area contributed by atoms with Crippen molar-refractivity contribution in [2.75, 3.05) is 0 Å². The van der Waals surface area contributed by atoms with Crippen LogP contribution >= 0.6 is 11.6 Å². The van der Waals surface area contributed by atoms with Gasteiger partial charge in [0.25, 0.3) is 0 Å². The maximum atomic E-state index is 9.68. The van der Waals surface area contributed by atoms with Crippen molar-refractivity contribution in [3.63, 3.8) is 0 Å². The van der Waals surface area contributed by atoms with Crippen molar-refractivity contribution in [2.24, 2.45) is 4.99 Å². The summed E-state index contributed by atoms with van der Waals surface area (Å²) in [5.41, 5.74) is 2.36. The Hall–Kier alpha value is -3.49. The molecular weight excluding hydrogens is 352 g/mol. The Labute approximate surface area is 153 Å². The van der Waals surface area contributed by atoms with Crippen LogP contribution in [-0.2, 0) is 0 Å². The summed E-state index contributed by atoms with van der Waals surface area (Å²) in [7, 11) is 0. The number of benzene rings is 1. The zero-order chi connectivity index (χ0) is 17.9. The molecule has 0 N–H and O–H groups in total. The molecule has 3 aromatic heterocycles.